The van der Waals surface area contributed by atoms with Gasteiger partial charge in [0.05, 0.1) is 0 Å². The van der Waals surface area contributed by atoms with Gasteiger partial charge in [-0.2, -0.15) is 5.10 Å². The van der Waals surface area contributed by atoms with E-state index < -0.39 is 0 Å². The number of hydrogen-bond donors (Lipinski definition) is 0. The molecule has 22 heavy (non-hydrogen) atoms. The quantitative estimate of drug-likeness (QED) is 0.867. The van der Waals surface area contributed by atoms with Crippen LogP contribution in [0.2, 0.25) is 0 Å². The van der Waals surface area contributed by atoms with Crippen molar-refractivity contribution in [2.75, 3.05) is 20.3 Å². The zero-order chi connectivity index (χ0) is 15.7. The van der Waals surface area contributed by atoms with E-state index in [-0.39, 0.29) is 5.91 Å². The molecule has 0 fully saturated rings. The molecular weight excluding hydrogens is 282 g/mol. The maximum absolute atomic E-state index is 12.4. The highest BCUT2D eigenvalue weighted by Gasteiger charge is 2.17. The minimum absolute atomic E-state index is 0.0985. The van der Waals surface area contributed by atoms with Gasteiger partial charge in [-0.3, -0.25) is 9.48 Å². The highest BCUT2D eigenvalue weighted by atomic mass is 16.6. The Bertz CT molecular complexity index is 689. The van der Waals surface area contributed by atoms with Crippen molar-refractivity contribution < 1.29 is 14.3 Å². The van der Waals surface area contributed by atoms with Crippen LogP contribution in [0.15, 0.2) is 24.3 Å². The van der Waals surface area contributed by atoms with E-state index in [0.717, 1.165) is 22.8 Å². The van der Waals surface area contributed by atoms with E-state index in [1.807, 2.05) is 32.2 Å². The lowest BCUT2D eigenvalue weighted by molar-refractivity contribution is 0.0778. The van der Waals surface area contributed by atoms with E-state index in [2.05, 4.69) is 5.10 Å². The van der Waals surface area contributed by atoms with Gasteiger partial charge >= 0.3 is 0 Å². The van der Waals surface area contributed by atoms with Crippen LogP contribution < -0.4 is 9.47 Å². The average Bonchev–Trinajstić information content (AvgIpc) is 2.85. The predicted octanol–water partition coefficient (Wildman–Crippen LogP) is 1.77. The molecular formula is C16H19N3O3. The van der Waals surface area contributed by atoms with Gasteiger partial charge in [0.1, 0.15) is 13.2 Å². The van der Waals surface area contributed by atoms with Gasteiger partial charge in [0.2, 0.25) is 0 Å². The van der Waals surface area contributed by atoms with Gasteiger partial charge in [0.15, 0.2) is 17.2 Å². The van der Waals surface area contributed by atoms with Gasteiger partial charge in [0, 0.05) is 26.3 Å². The molecule has 0 N–H and O–H groups in total. The number of carbonyl (C=O) groups excluding carboxylic acids is 1. The molecule has 2 aromatic rings. The molecule has 1 aliphatic rings. The van der Waals surface area contributed by atoms with Crippen molar-refractivity contribution in [3.63, 3.8) is 0 Å². The van der Waals surface area contributed by atoms with Crippen LogP contribution >= 0.6 is 0 Å². The zero-order valence-electron chi connectivity index (χ0n) is 13.0. The van der Waals surface area contributed by atoms with Crippen molar-refractivity contribution in [1.82, 2.24) is 14.7 Å². The normalized spacial score (nSPS) is 13.0. The zero-order valence-corrected chi connectivity index (χ0v) is 13.0. The molecule has 1 aromatic heterocycles. The second kappa shape index (κ2) is 5.71. The van der Waals surface area contributed by atoms with Crippen molar-refractivity contribution in [3.8, 4) is 11.5 Å². The third-order valence-electron chi connectivity index (χ3n) is 3.71. The van der Waals surface area contributed by atoms with Crippen LogP contribution in [0.1, 0.15) is 21.7 Å². The van der Waals surface area contributed by atoms with Crippen LogP contribution in [0.25, 0.3) is 0 Å². The Hall–Kier alpha value is -2.50. The van der Waals surface area contributed by atoms with Gasteiger partial charge in [0.25, 0.3) is 5.91 Å². The average molecular weight is 301 g/mol. The first-order valence-electron chi connectivity index (χ1n) is 7.19. The smallest absolute Gasteiger partial charge is 0.274 e. The summed E-state index contributed by atoms with van der Waals surface area (Å²) >= 11 is 0. The predicted molar refractivity (Wildman–Crippen MR) is 81.2 cm³/mol. The Kier molecular flexibility index (Phi) is 3.75. The number of aryl methyl sites for hydroxylation is 2. The van der Waals surface area contributed by atoms with Gasteiger partial charge < -0.3 is 14.4 Å². The molecule has 0 saturated carbocycles. The van der Waals surface area contributed by atoms with E-state index in [9.17, 15) is 4.79 Å². The van der Waals surface area contributed by atoms with Crippen LogP contribution in [-0.4, -0.2) is 40.8 Å². The molecule has 2 heterocycles. The Morgan fingerprint density at radius 3 is 2.68 bits per heavy atom. The summed E-state index contributed by atoms with van der Waals surface area (Å²) in [6, 6.07) is 7.54. The van der Waals surface area contributed by atoms with Crippen LogP contribution in [0.5, 0.6) is 11.5 Å². The summed E-state index contributed by atoms with van der Waals surface area (Å²) in [5, 5.41) is 4.22. The number of benzene rings is 1. The number of aromatic nitrogens is 2. The maximum atomic E-state index is 12.4. The lowest BCUT2D eigenvalue weighted by Gasteiger charge is -2.20. The second-order valence-corrected chi connectivity index (χ2v) is 5.43. The van der Waals surface area contributed by atoms with Gasteiger partial charge in [-0.15, -0.1) is 0 Å². The topological polar surface area (TPSA) is 56.6 Å². The molecule has 6 heteroatoms. The lowest BCUT2D eigenvalue weighted by atomic mass is 10.2. The first kappa shape index (κ1) is 14.4. The standard InChI is InChI=1S/C16H19N3O3/c1-11-8-13(17-19(11)3)16(20)18(2)10-12-4-5-14-15(9-12)22-7-6-21-14/h4-5,8-9H,6-7,10H2,1-3H3. The van der Waals surface area contributed by atoms with Crippen LogP contribution in [0.4, 0.5) is 0 Å². The monoisotopic (exact) mass is 301 g/mol. The highest BCUT2D eigenvalue weighted by Crippen LogP contribution is 2.31. The van der Waals surface area contributed by atoms with Crippen LogP contribution in [0.3, 0.4) is 0 Å². The minimum Gasteiger partial charge on any atom is -0.486 e. The molecule has 0 atom stereocenters. The Morgan fingerprint density at radius 1 is 1.27 bits per heavy atom. The number of fused-ring (bicyclic) bond motifs is 1. The molecule has 116 valence electrons. The number of amides is 1. The third-order valence-corrected chi connectivity index (χ3v) is 3.71. The lowest BCUT2D eigenvalue weighted by Crippen LogP contribution is -2.26. The summed E-state index contributed by atoms with van der Waals surface area (Å²) < 4.78 is 12.8. The number of hydrogen-bond acceptors (Lipinski definition) is 4. The van der Waals surface area contributed by atoms with E-state index in [0.29, 0.717) is 25.5 Å². The Morgan fingerprint density at radius 2 is 2.00 bits per heavy atom. The van der Waals surface area contributed by atoms with Crippen LogP contribution in [-0.2, 0) is 13.6 Å². The van der Waals surface area contributed by atoms with Gasteiger partial charge in [-0.05, 0) is 30.7 Å². The van der Waals surface area contributed by atoms with Crippen molar-refractivity contribution in [3.05, 3.63) is 41.2 Å². The van der Waals surface area contributed by atoms with Crippen LogP contribution in [0, 0.1) is 6.92 Å². The van der Waals surface area contributed by atoms with E-state index in [4.69, 9.17) is 9.47 Å². The van der Waals surface area contributed by atoms with Crippen molar-refractivity contribution in [2.24, 2.45) is 7.05 Å². The molecule has 0 radical (unpaired) electrons. The summed E-state index contributed by atoms with van der Waals surface area (Å²) in [6.45, 7) is 3.54. The van der Waals surface area contributed by atoms with E-state index in [1.54, 1.807) is 22.7 Å². The first-order valence-corrected chi connectivity index (χ1v) is 7.19. The summed E-state index contributed by atoms with van der Waals surface area (Å²) in [5.74, 6) is 1.39. The van der Waals surface area contributed by atoms with Crippen molar-refractivity contribution in [2.45, 2.75) is 13.5 Å². The van der Waals surface area contributed by atoms with Crippen molar-refractivity contribution >= 4 is 5.91 Å². The molecule has 6 nitrogen and oxygen atoms in total. The number of nitrogens with zero attached hydrogens (tertiary/aromatic N) is 3. The summed E-state index contributed by atoms with van der Waals surface area (Å²) in [7, 11) is 3.59. The SMILES string of the molecule is Cc1cc(C(=O)N(C)Cc2ccc3c(c2)OCCO3)nn1C. The molecule has 1 amide bonds. The molecule has 0 saturated heterocycles. The number of carbonyl (C=O) groups is 1. The van der Waals surface area contributed by atoms with E-state index in [1.165, 1.54) is 0 Å². The summed E-state index contributed by atoms with van der Waals surface area (Å²) in [4.78, 5) is 14.0. The van der Waals surface area contributed by atoms with Gasteiger partial charge in [-0.25, -0.2) is 0 Å². The maximum Gasteiger partial charge on any atom is 0.274 e. The largest absolute Gasteiger partial charge is 0.486 e. The second-order valence-electron chi connectivity index (χ2n) is 5.43. The summed E-state index contributed by atoms with van der Waals surface area (Å²) in [5.41, 5.74) is 2.41. The third kappa shape index (κ3) is 2.77. The molecule has 0 bridgehead atoms. The first-order chi connectivity index (χ1) is 10.5. The molecule has 0 unspecified atom stereocenters. The summed E-state index contributed by atoms with van der Waals surface area (Å²) in [6.07, 6.45) is 0. The van der Waals surface area contributed by atoms with E-state index >= 15 is 0 Å². The number of rotatable bonds is 3. The minimum atomic E-state index is -0.0985. The highest BCUT2D eigenvalue weighted by molar-refractivity contribution is 5.92. The Labute approximate surface area is 129 Å². The fourth-order valence-electron chi connectivity index (χ4n) is 2.39. The molecule has 1 aromatic carbocycles. The Balaban J connectivity index is 1.73. The van der Waals surface area contributed by atoms with Crippen molar-refractivity contribution in [1.29, 1.82) is 0 Å². The molecule has 1 aliphatic heterocycles. The molecule has 0 aliphatic carbocycles. The fourth-order valence-corrected chi connectivity index (χ4v) is 2.39. The fraction of sp³-hybridized carbons (Fsp3) is 0.375. The number of ether oxygens (including phenoxy) is 2. The van der Waals surface area contributed by atoms with Gasteiger partial charge in [-0.1, -0.05) is 6.07 Å². The molecule has 0 spiro atoms. The molecule has 3 rings (SSSR count).